The van der Waals surface area contributed by atoms with Crippen LogP contribution in [0, 0.1) is 11.3 Å². The van der Waals surface area contributed by atoms with E-state index in [2.05, 4.69) is 5.32 Å². The van der Waals surface area contributed by atoms with Crippen molar-refractivity contribution >= 4 is 5.69 Å². The Kier molecular flexibility index (Phi) is 4.19. The summed E-state index contributed by atoms with van der Waals surface area (Å²) in [5.74, 6) is 0. The highest BCUT2D eigenvalue weighted by Crippen LogP contribution is 2.34. The Labute approximate surface area is 116 Å². The summed E-state index contributed by atoms with van der Waals surface area (Å²) >= 11 is 0. The Morgan fingerprint density at radius 3 is 2.70 bits per heavy atom. The molecule has 1 aromatic carbocycles. The number of nitrogens with zero attached hydrogens (tertiary/aromatic N) is 2. The van der Waals surface area contributed by atoms with Crippen molar-refractivity contribution < 1.29 is 13.2 Å². The molecule has 1 fully saturated rings. The van der Waals surface area contributed by atoms with Crippen LogP contribution in [-0.4, -0.2) is 25.7 Å². The highest BCUT2D eigenvalue weighted by Gasteiger charge is 2.34. The molecular weight excluding hydrogens is 267 g/mol. The normalized spacial score (nSPS) is 18.9. The monoisotopic (exact) mass is 283 g/mol. The Morgan fingerprint density at radius 1 is 1.45 bits per heavy atom. The van der Waals surface area contributed by atoms with Crippen molar-refractivity contribution in [1.29, 1.82) is 5.26 Å². The maximum atomic E-state index is 12.8. The third kappa shape index (κ3) is 2.88. The van der Waals surface area contributed by atoms with E-state index in [9.17, 15) is 13.2 Å². The second-order valence-corrected chi connectivity index (χ2v) is 4.77. The average Bonchev–Trinajstić information content (AvgIpc) is 2.92. The Morgan fingerprint density at radius 2 is 2.20 bits per heavy atom. The molecule has 0 bridgehead atoms. The van der Waals surface area contributed by atoms with Gasteiger partial charge in [-0.05, 0) is 38.1 Å². The highest BCUT2D eigenvalue weighted by atomic mass is 19.4. The van der Waals surface area contributed by atoms with E-state index in [0.29, 0.717) is 12.2 Å². The van der Waals surface area contributed by atoms with E-state index in [1.165, 1.54) is 12.1 Å². The third-order valence-electron chi connectivity index (χ3n) is 3.58. The van der Waals surface area contributed by atoms with Crippen LogP contribution in [-0.2, 0) is 6.18 Å². The van der Waals surface area contributed by atoms with Crippen molar-refractivity contribution in [2.24, 2.45) is 0 Å². The van der Waals surface area contributed by atoms with Crippen molar-refractivity contribution in [2.75, 3.05) is 24.5 Å². The number of hydrogen-bond acceptors (Lipinski definition) is 3. The van der Waals surface area contributed by atoms with Gasteiger partial charge in [0.15, 0.2) is 0 Å². The minimum Gasteiger partial charge on any atom is -0.367 e. The summed E-state index contributed by atoms with van der Waals surface area (Å²) in [6.07, 6.45) is -3.54. The second-order valence-electron chi connectivity index (χ2n) is 4.77. The van der Waals surface area contributed by atoms with Gasteiger partial charge in [-0.25, -0.2) is 0 Å². The number of rotatable bonds is 3. The standard InChI is InChI=1S/C14H16F3N3/c1-2-20(12-5-6-19-9-12)11-3-4-13(14(15,16)17)10(7-11)8-18/h3-4,7,12,19H,2,5-6,9H2,1H3. The van der Waals surface area contributed by atoms with Gasteiger partial charge in [0, 0.05) is 24.8 Å². The van der Waals surface area contributed by atoms with Crippen molar-refractivity contribution in [3.63, 3.8) is 0 Å². The number of benzene rings is 1. The lowest BCUT2D eigenvalue weighted by Crippen LogP contribution is -2.36. The Balaban J connectivity index is 2.35. The predicted molar refractivity (Wildman–Crippen MR) is 70.5 cm³/mol. The molecule has 2 rings (SSSR count). The lowest BCUT2D eigenvalue weighted by atomic mass is 10.1. The first-order valence-electron chi connectivity index (χ1n) is 6.56. The molecule has 1 atom stereocenters. The zero-order chi connectivity index (χ0) is 14.8. The first kappa shape index (κ1) is 14.7. The third-order valence-corrected chi connectivity index (χ3v) is 3.58. The van der Waals surface area contributed by atoms with Crippen LogP contribution in [0.2, 0.25) is 0 Å². The van der Waals surface area contributed by atoms with E-state index in [-0.39, 0.29) is 11.6 Å². The van der Waals surface area contributed by atoms with E-state index in [0.717, 1.165) is 25.6 Å². The van der Waals surface area contributed by atoms with Crippen LogP contribution in [0.4, 0.5) is 18.9 Å². The highest BCUT2D eigenvalue weighted by molar-refractivity contribution is 5.56. The van der Waals surface area contributed by atoms with E-state index in [1.54, 1.807) is 6.07 Å². The fourth-order valence-corrected chi connectivity index (χ4v) is 2.61. The van der Waals surface area contributed by atoms with E-state index in [1.807, 2.05) is 11.8 Å². The Hall–Kier alpha value is -1.74. The van der Waals surface area contributed by atoms with Gasteiger partial charge in [0.25, 0.3) is 0 Å². The topological polar surface area (TPSA) is 39.1 Å². The first-order chi connectivity index (χ1) is 9.47. The van der Waals surface area contributed by atoms with Gasteiger partial charge < -0.3 is 10.2 Å². The molecule has 6 heteroatoms. The van der Waals surface area contributed by atoms with Crippen LogP contribution in [0.25, 0.3) is 0 Å². The zero-order valence-electron chi connectivity index (χ0n) is 11.2. The molecule has 108 valence electrons. The Bertz CT molecular complexity index is 513. The summed E-state index contributed by atoms with van der Waals surface area (Å²) in [5.41, 5.74) is -0.519. The summed E-state index contributed by atoms with van der Waals surface area (Å²) < 4.78 is 38.3. The van der Waals surface area contributed by atoms with Crippen molar-refractivity contribution in [3.05, 3.63) is 29.3 Å². The van der Waals surface area contributed by atoms with Crippen molar-refractivity contribution in [2.45, 2.75) is 25.6 Å². The van der Waals surface area contributed by atoms with Gasteiger partial charge in [-0.2, -0.15) is 18.4 Å². The van der Waals surface area contributed by atoms with Gasteiger partial charge in [-0.3, -0.25) is 0 Å². The molecule has 1 unspecified atom stereocenters. The fourth-order valence-electron chi connectivity index (χ4n) is 2.61. The molecule has 3 nitrogen and oxygen atoms in total. The number of nitrogens with one attached hydrogen (secondary N) is 1. The summed E-state index contributed by atoms with van der Waals surface area (Å²) in [4.78, 5) is 2.04. The molecule has 0 aliphatic carbocycles. The van der Waals surface area contributed by atoms with Crippen LogP contribution < -0.4 is 10.2 Å². The smallest absolute Gasteiger partial charge is 0.367 e. The molecule has 1 aromatic rings. The molecule has 1 N–H and O–H groups in total. The quantitative estimate of drug-likeness (QED) is 0.927. The molecule has 1 saturated heterocycles. The van der Waals surface area contributed by atoms with E-state index >= 15 is 0 Å². The number of nitriles is 1. The summed E-state index contributed by atoms with van der Waals surface area (Å²) in [6, 6.07) is 5.70. The van der Waals surface area contributed by atoms with Crippen molar-refractivity contribution in [3.8, 4) is 6.07 Å². The second kappa shape index (κ2) is 5.71. The number of alkyl halides is 3. The van der Waals surface area contributed by atoms with Crippen molar-refractivity contribution in [1.82, 2.24) is 5.32 Å². The van der Waals surface area contributed by atoms with E-state index < -0.39 is 11.7 Å². The molecule has 1 aliphatic rings. The largest absolute Gasteiger partial charge is 0.417 e. The predicted octanol–water partition coefficient (Wildman–Crippen LogP) is 2.77. The minimum atomic E-state index is -4.49. The maximum Gasteiger partial charge on any atom is 0.417 e. The lowest BCUT2D eigenvalue weighted by molar-refractivity contribution is -0.137. The minimum absolute atomic E-state index is 0.267. The summed E-state index contributed by atoms with van der Waals surface area (Å²) in [7, 11) is 0. The molecule has 20 heavy (non-hydrogen) atoms. The molecule has 0 radical (unpaired) electrons. The maximum absolute atomic E-state index is 12.8. The lowest BCUT2D eigenvalue weighted by Gasteiger charge is -2.30. The molecule has 0 amide bonds. The average molecular weight is 283 g/mol. The molecular formula is C14H16F3N3. The zero-order valence-corrected chi connectivity index (χ0v) is 11.2. The van der Waals surface area contributed by atoms with E-state index in [4.69, 9.17) is 5.26 Å². The van der Waals surface area contributed by atoms with Gasteiger partial charge in [-0.1, -0.05) is 0 Å². The van der Waals surface area contributed by atoms with Crippen LogP contribution in [0.3, 0.4) is 0 Å². The van der Waals surface area contributed by atoms with Gasteiger partial charge in [0.2, 0.25) is 0 Å². The number of hydrogen-bond donors (Lipinski definition) is 1. The molecule has 0 aromatic heterocycles. The summed E-state index contributed by atoms with van der Waals surface area (Å²) in [6.45, 7) is 4.38. The van der Waals surface area contributed by atoms with Gasteiger partial charge in [-0.15, -0.1) is 0 Å². The fraction of sp³-hybridized carbons (Fsp3) is 0.500. The number of likely N-dealkylation sites (N-methyl/N-ethyl adjacent to an activating group) is 1. The molecule has 0 saturated carbocycles. The van der Waals surface area contributed by atoms with Crippen LogP contribution in [0.5, 0.6) is 0 Å². The van der Waals surface area contributed by atoms with Crippen LogP contribution >= 0.6 is 0 Å². The van der Waals surface area contributed by atoms with Gasteiger partial charge >= 0.3 is 6.18 Å². The number of anilines is 1. The first-order valence-corrected chi connectivity index (χ1v) is 6.56. The molecule has 1 heterocycles. The molecule has 0 spiro atoms. The van der Waals surface area contributed by atoms with Crippen LogP contribution in [0.15, 0.2) is 18.2 Å². The van der Waals surface area contributed by atoms with Gasteiger partial charge in [0.1, 0.15) is 0 Å². The summed E-state index contributed by atoms with van der Waals surface area (Å²) in [5, 5.41) is 12.2. The van der Waals surface area contributed by atoms with Crippen LogP contribution in [0.1, 0.15) is 24.5 Å². The SMILES string of the molecule is CCN(c1ccc(C(F)(F)F)c(C#N)c1)C1CCNC1. The molecule has 1 aliphatic heterocycles. The van der Waals surface area contributed by atoms with Gasteiger partial charge in [0.05, 0.1) is 17.2 Å². The number of halogens is 3.